The summed E-state index contributed by atoms with van der Waals surface area (Å²) in [5.74, 6) is -3.80. The minimum atomic E-state index is -0.565. The molecule has 10 amide bonds. The number of methoxy groups -OCH3 is 1. The van der Waals surface area contributed by atoms with Crippen LogP contribution in [0.3, 0.4) is 0 Å². The maximum absolute atomic E-state index is 13.6. The van der Waals surface area contributed by atoms with Gasteiger partial charge in [-0.2, -0.15) is 5.10 Å². The zero-order chi connectivity index (χ0) is 102. The number of ether oxygens (including phenoxy) is 1. The van der Waals surface area contributed by atoms with Crippen LogP contribution in [0.15, 0.2) is 277 Å². The molecular formula is C112H104ClF2N13O17. The molecule has 6 atom stereocenters. The van der Waals surface area contributed by atoms with E-state index < -0.39 is 35.5 Å². The number of furan rings is 1. The van der Waals surface area contributed by atoms with Gasteiger partial charge in [0.1, 0.15) is 34.4 Å². The first-order chi connectivity index (χ1) is 70.3. The number of aromatic nitrogens is 3. The number of H-pyrrole nitrogens is 2. The average molecular weight is 1980 g/mol. The number of carbonyl (C=O) groups is 10. The molecule has 6 unspecified atom stereocenters. The van der Waals surface area contributed by atoms with E-state index in [9.17, 15) is 56.7 Å². The number of amides is 10. The molecule has 17 N–H and O–H groups in total. The number of aromatic amines is 2. The van der Waals surface area contributed by atoms with Crippen LogP contribution in [0.1, 0.15) is 266 Å². The molecule has 30 nitrogen and oxygen atoms in total. The lowest BCUT2D eigenvalue weighted by atomic mass is 9.85. The van der Waals surface area contributed by atoms with Gasteiger partial charge in [-0.3, -0.25) is 79.1 Å². The van der Waals surface area contributed by atoms with Crippen molar-refractivity contribution in [1.29, 1.82) is 0 Å². The molecule has 15 aromatic rings. The number of aryl methyl sites for hydroxylation is 6. The van der Waals surface area contributed by atoms with Gasteiger partial charge >= 0.3 is 0 Å². The Labute approximate surface area is 836 Å². The van der Waals surface area contributed by atoms with E-state index in [4.69, 9.17) is 46.8 Å². The summed E-state index contributed by atoms with van der Waals surface area (Å²) >= 11 is 5.98. The van der Waals surface area contributed by atoms with Gasteiger partial charge in [0.15, 0.2) is 5.76 Å². The molecule has 0 saturated heterocycles. The molecule has 0 aliphatic heterocycles. The summed E-state index contributed by atoms with van der Waals surface area (Å²) in [6.45, 7) is 2.02. The number of halogens is 3. The van der Waals surface area contributed by atoms with Crippen molar-refractivity contribution in [3.63, 3.8) is 0 Å². The van der Waals surface area contributed by atoms with Gasteiger partial charge in [0.2, 0.25) is 5.91 Å². The van der Waals surface area contributed by atoms with E-state index in [1.54, 1.807) is 168 Å². The molecule has 0 saturated carbocycles. The molecule has 0 fully saturated rings. The summed E-state index contributed by atoms with van der Waals surface area (Å²) in [4.78, 5) is 126. The fourth-order valence-electron chi connectivity index (χ4n) is 19.1. The van der Waals surface area contributed by atoms with Crippen LogP contribution in [0.4, 0.5) is 8.78 Å². The quantitative estimate of drug-likeness (QED) is 0.0249. The van der Waals surface area contributed by atoms with Crippen molar-refractivity contribution in [1.82, 2.24) is 69.2 Å². The van der Waals surface area contributed by atoms with Crippen molar-refractivity contribution in [2.24, 2.45) is 0 Å². The highest BCUT2D eigenvalue weighted by Gasteiger charge is 2.33. The number of rotatable bonds is 20. The lowest BCUT2D eigenvalue weighted by molar-refractivity contribution is -0.122. The van der Waals surface area contributed by atoms with Gasteiger partial charge in [-0.15, -0.1) is 0 Å². The van der Waals surface area contributed by atoms with Crippen molar-refractivity contribution < 1.29 is 91.9 Å². The summed E-state index contributed by atoms with van der Waals surface area (Å²) in [5.41, 5.74) is 29.1. The Bertz CT molecular complexity index is 7160. The van der Waals surface area contributed by atoms with Gasteiger partial charge < -0.3 is 40.7 Å². The first-order valence-corrected chi connectivity index (χ1v) is 47.7. The summed E-state index contributed by atoms with van der Waals surface area (Å²) in [6, 6.07) is 78.6. The third-order valence-electron chi connectivity index (χ3n) is 26.5. The first-order valence-electron chi connectivity index (χ1n) is 47.4. The summed E-state index contributed by atoms with van der Waals surface area (Å²) in [6.07, 6.45) is 12.7. The third-order valence-corrected chi connectivity index (χ3v) is 26.7. The molecule has 145 heavy (non-hydrogen) atoms. The number of fused-ring (bicyclic) bond motifs is 7. The van der Waals surface area contributed by atoms with E-state index >= 15 is 0 Å². The largest absolute Gasteiger partial charge is 0.497 e. The number of nitrogens with one attached hydrogen (secondary N) is 12. The Morgan fingerprint density at radius 1 is 0.372 bits per heavy atom. The van der Waals surface area contributed by atoms with Gasteiger partial charge in [0.25, 0.3) is 53.2 Å². The van der Waals surface area contributed by atoms with Gasteiger partial charge in [-0.25, -0.2) is 36.2 Å². The van der Waals surface area contributed by atoms with Crippen molar-refractivity contribution in [3.05, 3.63) is 412 Å². The smallest absolute Gasteiger partial charge is 0.287 e. The number of benzene rings is 12. The lowest BCUT2D eigenvalue weighted by Crippen LogP contribution is -2.35. The molecule has 12 aromatic carbocycles. The van der Waals surface area contributed by atoms with Crippen molar-refractivity contribution in [2.75, 3.05) is 7.11 Å². The highest BCUT2D eigenvalue weighted by Crippen LogP contribution is 2.39. The molecule has 3 heterocycles. The zero-order valence-corrected chi connectivity index (χ0v) is 79.5. The molecule has 5 aliphatic carbocycles. The van der Waals surface area contributed by atoms with Crippen molar-refractivity contribution in [2.45, 2.75) is 139 Å². The summed E-state index contributed by atoms with van der Waals surface area (Å²) in [7, 11) is 1.62. The van der Waals surface area contributed by atoms with Crippen LogP contribution in [-0.4, -0.2) is 107 Å². The highest BCUT2D eigenvalue weighted by atomic mass is 35.5. The molecule has 0 radical (unpaired) electrons. The molecule has 0 bridgehead atoms. The van der Waals surface area contributed by atoms with Gasteiger partial charge in [-0.1, -0.05) is 120 Å². The lowest BCUT2D eigenvalue weighted by Gasteiger charge is -2.29. The minimum Gasteiger partial charge on any atom is -0.497 e. The van der Waals surface area contributed by atoms with E-state index in [2.05, 4.69) is 41.8 Å². The predicted octanol–water partition coefficient (Wildman–Crippen LogP) is 19.1. The molecule has 20 rings (SSSR count). The van der Waals surface area contributed by atoms with Crippen LogP contribution in [0.2, 0.25) is 5.02 Å². The van der Waals surface area contributed by atoms with Gasteiger partial charge in [-0.05, 0) is 351 Å². The second kappa shape index (κ2) is 46.9. The van der Waals surface area contributed by atoms with E-state index in [1.807, 2.05) is 122 Å². The highest BCUT2D eigenvalue weighted by molar-refractivity contribution is 6.31. The van der Waals surface area contributed by atoms with Crippen LogP contribution >= 0.6 is 11.6 Å². The summed E-state index contributed by atoms with van der Waals surface area (Å²) in [5, 5.41) is 68.8. The van der Waals surface area contributed by atoms with Gasteiger partial charge in [0.05, 0.1) is 48.9 Å². The molecule has 33 heteroatoms. The first kappa shape index (κ1) is 101. The van der Waals surface area contributed by atoms with Crippen molar-refractivity contribution in [3.8, 4) is 28.1 Å². The maximum atomic E-state index is 13.6. The van der Waals surface area contributed by atoms with Crippen LogP contribution in [0, 0.1) is 18.6 Å². The number of hydroxylamine groups is 5. The minimum absolute atomic E-state index is 0.0728. The Hall–Kier alpha value is -16.6. The Morgan fingerprint density at radius 2 is 0.759 bits per heavy atom. The number of carbonyl (C=O) groups excluding carboxylic acids is 10. The molecule has 0 spiro atoms. The second-order valence-electron chi connectivity index (χ2n) is 35.8. The monoisotopic (exact) mass is 1980 g/mol. The molecule has 740 valence electrons. The maximum Gasteiger partial charge on any atom is 0.287 e. The number of hydrogen-bond acceptors (Lipinski definition) is 18. The standard InChI is InChI=1S/C26H26N2O4.C24H21FN2O3.C21H19FN4O3.C21H21N3O3.C20H17ClN2O4/c1-32-21-13-10-18(11-14-21)24(17-6-3-2-4-7-17)26(30)27-23-9-5-8-19-16-20(25(29)28-31)12-15-22(19)23;25-20-11-8-16(9-12-20)15-4-6-17(7-5-15)23(28)26-22-3-1-2-18-14-19(24(29)27-30)10-13-21(18)22;22-15-7-4-12(5-8-15)18-11-19(25-24-18)21(28)23-17-3-1-2-13-10-14(20(27)26-29)6-9-16(13)17;1-12-5-8-17-15(9-12)11-19(22-17)21(26)23-18-4-2-3-13-10-14(20(25)24-27)6-7-16(13)18;21-14-5-7-17-13(9-14)10-18(27-17)20(25)22-16-3-1-2-11-8-12(19(24)23-26)4-6-15(11)16/h2-4,6-7,10-16,23-24,31H,5,8-9H2,1H3,(H,27,30)(H,28,29);4-14,22,30H,1-3H2,(H,26,28)(H,27,29);4-11,17,29H,1-3H2,(H,23,28)(H,24,25)(H,26,27);5-11,18,22,27H,2-4H2,1H3,(H,23,26)(H,24,25);4-10,16,26H,1-3H2,(H,22,25)(H,23,24). The Kier molecular flexibility index (Phi) is 32.7. The van der Waals surface area contributed by atoms with E-state index in [1.165, 1.54) is 24.3 Å². The zero-order valence-electron chi connectivity index (χ0n) is 78.8. The van der Waals surface area contributed by atoms with Crippen LogP contribution in [0.5, 0.6) is 5.75 Å². The second-order valence-corrected chi connectivity index (χ2v) is 36.3. The van der Waals surface area contributed by atoms with Gasteiger partial charge in [0, 0.05) is 60.3 Å². The molecule has 3 aromatic heterocycles. The normalized spacial score (nSPS) is 15.7. The van der Waals surface area contributed by atoms with Crippen LogP contribution < -0.4 is 58.7 Å². The topological polar surface area (TPSA) is 459 Å². The third kappa shape index (κ3) is 24.6. The SMILES string of the molecule is COc1ccc(C(C(=O)NC2CCCc3cc(C(=O)NO)ccc32)c2ccccc2)cc1.Cc1ccc2[nH]c(C(=O)NC3CCCc4cc(C(=O)NO)ccc43)cc2c1.O=C(NO)c1ccc2c(c1)CCCC2NC(=O)c1cc(-c2ccc(F)cc2)n[nH]1.O=C(NO)c1ccc2c(c1)CCCC2NC(=O)c1cc2cc(Cl)ccc2o1.O=C(NO)c1ccc2c(c1)CCCC2NC(=O)c1ccc(-c2ccc(F)cc2)cc1. The van der Waals surface area contributed by atoms with Crippen molar-refractivity contribution >= 4 is 92.5 Å². The molecular weight excluding hydrogens is 1870 g/mol. The fraction of sp³-hybridized carbons (Fsp3) is 0.205. The summed E-state index contributed by atoms with van der Waals surface area (Å²) < 4.78 is 37.1. The predicted molar refractivity (Wildman–Crippen MR) is 536 cm³/mol. The average Bonchev–Trinajstić information content (AvgIpc) is 1.67. The van der Waals surface area contributed by atoms with E-state index in [0.29, 0.717) is 66.6 Å². The Balaban J connectivity index is 0.000000130. The Morgan fingerprint density at radius 3 is 1.19 bits per heavy atom. The van der Waals surface area contributed by atoms with Crippen LogP contribution in [-0.2, 0) is 36.9 Å². The fourth-order valence-corrected chi connectivity index (χ4v) is 19.3. The number of nitrogens with zero attached hydrogens (tertiary/aromatic N) is 1. The van der Waals surface area contributed by atoms with Crippen LogP contribution in [0.25, 0.3) is 44.3 Å². The van der Waals surface area contributed by atoms with E-state index in [0.717, 1.165) is 202 Å². The number of hydrogen-bond donors (Lipinski definition) is 17. The van der Waals surface area contributed by atoms with E-state index in [-0.39, 0.29) is 77.1 Å². The molecule has 5 aliphatic rings.